The molecule has 3 heterocycles. The van der Waals surface area contributed by atoms with Crippen LogP contribution in [0.15, 0.2) is 176 Å². The fraction of sp³-hybridized carbons (Fsp3) is 0. The van der Waals surface area contributed by atoms with Gasteiger partial charge in [-0.2, -0.15) is 0 Å². The topological polar surface area (TPSA) is 14.8 Å². The molecule has 0 bridgehead atoms. The number of nitrogens with zero attached hydrogens (tertiary/aromatic N) is 3. The average Bonchev–Trinajstić information content (AvgIpc) is 3.78. The van der Waals surface area contributed by atoms with Crippen molar-refractivity contribution >= 4 is 76.2 Å². The lowest BCUT2D eigenvalue weighted by atomic mass is 10.0. The highest BCUT2D eigenvalue weighted by Crippen LogP contribution is 2.41. The minimum atomic E-state index is 1.14. The van der Waals surface area contributed by atoms with Gasteiger partial charge in [0, 0.05) is 49.4 Å². The molecule has 0 aliphatic rings. The second-order valence-electron chi connectivity index (χ2n) is 13.0. The summed E-state index contributed by atoms with van der Waals surface area (Å²) in [6.07, 6.45) is 0. The summed E-state index contributed by atoms with van der Waals surface area (Å²) >= 11 is 0. The Labute approximate surface area is 282 Å². The Morgan fingerprint density at radius 2 is 0.571 bits per heavy atom. The maximum atomic E-state index is 2.46. The van der Waals surface area contributed by atoms with Crippen LogP contribution in [0.4, 0.5) is 0 Å². The maximum absolute atomic E-state index is 2.46. The van der Waals surface area contributed by atoms with Gasteiger partial charge < -0.3 is 13.7 Å². The molecule has 0 saturated heterocycles. The second-order valence-corrected chi connectivity index (χ2v) is 13.0. The van der Waals surface area contributed by atoms with Crippen molar-refractivity contribution in [2.75, 3.05) is 0 Å². The van der Waals surface area contributed by atoms with Crippen molar-refractivity contribution in [2.24, 2.45) is 0 Å². The Balaban J connectivity index is 1.21. The van der Waals surface area contributed by atoms with E-state index in [1.807, 2.05) is 0 Å². The molecule has 0 N–H and O–H groups in total. The number of hydrogen-bond donors (Lipinski definition) is 0. The molecule has 228 valence electrons. The van der Waals surface area contributed by atoms with E-state index in [9.17, 15) is 0 Å². The molecule has 11 rings (SSSR count). The monoisotopic (exact) mass is 623 g/mol. The van der Waals surface area contributed by atoms with Gasteiger partial charge in [-0.05, 0) is 89.6 Å². The molecule has 3 heteroatoms. The number of hydrogen-bond acceptors (Lipinski definition) is 0. The Morgan fingerprint density at radius 1 is 0.224 bits per heavy atom. The van der Waals surface area contributed by atoms with Gasteiger partial charge in [0.2, 0.25) is 0 Å². The molecule has 49 heavy (non-hydrogen) atoms. The first kappa shape index (κ1) is 26.5. The highest BCUT2D eigenvalue weighted by atomic mass is 15.0. The normalized spacial score (nSPS) is 12.1. The predicted molar refractivity (Wildman–Crippen MR) is 207 cm³/mol. The van der Waals surface area contributed by atoms with Crippen molar-refractivity contribution in [3.63, 3.8) is 0 Å². The highest BCUT2D eigenvalue weighted by Gasteiger charge is 2.19. The van der Waals surface area contributed by atoms with Gasteiger partial charge in [-0.25, -0.2) is 0 Å². The molecule has 3 nitrogen and oxygen atoms in total. The summed E-state index contributed by atoms with van der Waals surface area (Å²) in [4.78, 5) is 0. The Bertz CT molecular complexity index is 3030. The zero-order valence-electron chi connectivity index (χ0n) is 26.6. The lowest BCUT2D eigenvalue weighted by Gasteiger charge is -2.12. The van der Waals surface area contributed by atoms with Crippen LogP contribution >= 0.6 is 0 Å². The quantitative estimate of drug-likeness (QED) is 0.186. The molecule has 11 aromatic rings. The smallest absolute Gasteiger partial charge is 0.0548 e. The summed E-state index contributed by atoms with van der Waals surface area (Å²) in [5.41, 5.74) is 10.8. The largest absolute Gasteiger partial charge is 0.309 e. The average molecular weight is 624 g/mol. The number of benzene rings is 8. The number of aromatic nitrogens is 3. The van der Waals surface area contributed by atoms with Gasteiger partial charge in [0.25, 0.3) is 0 Å². The molecule has 0 spiro atoms. The first-order valence-electron chi connectivity index (χ1n) is 16.9. The van der Waals surface area contributed by atoms with E-state index in [1.165, 1.54) is 81.9 Å². The number of rotatable bonds is 3. The first-order chi connectivity index (χ1) is 24.3. The van der Waals surface area contributed by atoms with E-state index >= 15 is 0 Å². The predicted octanol–water partition coefficient (Wildman–Crippen LogP) is 12.1. The molecular weight excluding hydrogens is 595 g/mol. The minimum Gasteiger partial charge on any atom is -0.309 e. The minimum absolute atomic E-state index is 1.14. The Morgan fingerprint density at radius 3 is 1.14 bits per heavy atom. The molecule has 0 aliphatic heterocycles. The van der Waals surface area contributed by atoms with Crippen molar-refractivity contribution in [2.45, 2.75) is 0 Å². The van der Waals surface area contributed by atoms with Crippen LogP contribution in [-0.2, 0) is 0 Å². The maximum Gasteiger partial charge on any atom is 0.0548 e. The summed E-state index contributed by atoms with van der Waals surface area (Å²) < 4.78 is 7.26. The first-order valence-corrected chi connectivity index (χ1v) is 16.9. The van der Waals surface area contributed by atoms with Crippen LogP contribution in [0, 0.1) is 0 Å². The Kier molecular flexibility index (Phi) is 5.38. The van der Waals surface area contributed by atoms with Gasteiger partial charge in [0.1, 0.15) is 0 Å². The second kappa shape index (κ2) is 9.96. The van der Waals surface area contributed by atoms with E-state index in [0.29, 0.717) is 0 Å². The summed E-state index contributed by atoms with van der Waals surface area (Å²) in [6, 6.07) is 64.3. The van der Waals surface area contributed by atoms with Crippen LogP contribution in [0.5, 0.6) is 0 Å². The van der Waals surface area contributed by atoms with E-state index in [2.05, 4.69) is 190 Å². The van der Waals surface area contributed by atoms with Crippen LogP contribution in [0.25, 0.3) is 93.3 Å². The van der Waals surface area contributed by atoms with E-state index in [4.69, 9.17) is 0 Å². The zero-order chi connectivity index (χ0) is 32.1. The number of fused-ring (bicyclic) bond motifs is 10. The molecule has 8 aromatic carbocycles. The fourth-order valence-electron chi connectivity index (χ4n) is 8.25. The Hall–Kier alpha value is -6.58. The van der Waals surface area contributed by atoms with Crippen molar-refractivity contribution < 1.29 is 0 Å². The van der Waals surface area contributed by atoms with Gasteiger partial charge >= 0.3 is 0 Å². The zero-order valence-corrected chi connectivity index (χ0v) is 26.6. The van der Waals surface area contributed by atoms with Crippen LogP contribution in [0.2, 0.25) is 0 Å². The van der Waals surface area contributed by atoms with E-state index in [0.717, 1.165) is 11.4 Å². The highest BCUT2D eigenvalue weighted by molar-refractivity contribution is 6.20. The van der Waals surface area contributed by atoms with Gasteiger partial charge in [0.05, 0.1) is 33.1 Å². The summed E-state index contributed by atoms with van der Waals surface area (Å²) in [5, 5.41) is 10.1. The molecule has 0 saturated carbocycles. The molecule has 0 amide bonds. The van der Waals surface area contributed by atoms with Gasteiger partial charge in [0.15, 0.2) is 0 Å². The summed E-state index contributed by atoms with van der Waals surface area (Å²) in [5.74, 6) is 0. The van der Waals surface area contributed by atoms with Crippen molar-refractivity contribution in [3.05, 3.63) is 176 Å². The standard InChI is InChI=1S/C46H29N3/c1-2-14-32(15-3-1)48-43-21-11-8-18-37(43)39-28-46-40(29-45(39)48)38-26-30-12-4-5-13-31(30)27-44(38)49(46)34-24-22-33(23-25-34)47-41-19-9-6-16-35(41)36-17-7-10-20-42(36)47/h1-29H. The SMILES string of the molecule is c1ccc(-n2c3ccccc3c3cc4c(cc32)c2cc3ccccc3cc2n4-c2ccc(-n3c4ccccc4c4ccccc43)cc2)cc1. The fourth-order valence-corrected chi connectivity index (χ4v) is 8.25. The van der Waals surface area contributed by atoms with Crippen molar-refractivity contribution in [1.29, 1.82) is 0 Å². The molecule has 0 aliphatic carbocycles. The van der Waals surface area contributed by atoms with E-state index < -0.39 is 0 Å². The molecule has 0 fully saturated rings. The number of para-hydroxylation sites is 4. The molecule has 3 aromatic heterocycles. The lowest BCUT2D eigenvalue weighted by molar-refractivity contribution is 1.15. The summed E-state index contributed by atoms with van der Waals surface area (Å²) in [7, 11) is 0. The molecule has 0 atom stereocenters. The van der Waals surface area contributed by atoms with Crippen LogP contribution in [-0.4, -0.2) is 13.7 Å². The van der Waals surface area contributed by atoms with Crippen molar-refractivity contribution in [3.8, 4) is 17.1 Å². The third kappa shape index (κ3) is 3.73. The van der Waals surface area contributed by atoms with Crippen LogP contribution < -0.4 is 0 Å². The van der Waals surface area contributed by atoms with E-state index in [1.54, 1.807) is 0 Å². The molecular formula is C46H29N3. The van der Waals surface area contributed by atoms with Crippen molar-refractivity contribution in [1.82, 2.24) is 13.7 Å². The van der Waals surface area contributed by atoms with E-state index in [-0.39, 0.29) is 0 Å². The molecule has 0 radical (unpaired) electrons. The van der Waals surface area contributed by atoms with Crippen LogP contribution in [0.1, 0.15) is 0 Å². The molecule has 0 unspecified atom stereocenters. The van der Waals surface area contributed by atoms with Gasteiger partial charge in [-0.15, -0.1) is 0 Å². The van der Waals surface area contributed by atoms with Crippen LogP contribution in [0.3, 0.4) is 0 Å². The lowest BCUT2D eigenvalue weighted by Crippen LogP contribution is -1.97. The third-order valence-electron chi connectivity index (χ3n) is 10.4. The van der Waals surface area contributed by atoms with Gasteiger partial charge in [-0.3, -0.25) is 0 Å². The summed E-state index contributed by atoms with van der Waals surface area (Å²) in [6.45, 7) is 0. The third-order valence-corrected chi connectivity index (χ3v) is 10.4. The van der Waals surface area contributed by atoms with Gasteiger partial charge in [-0.1, -0.05) is 97.1 Å².